The Labute approximate surface area is 129 Å². The van der Waals surface area contributed by atoms with Gasteiger partial charge in [-0.25, -0.2) is 0 Å². The van der Waals surface area contributed by atoms with Crippen LogP contribution in [0.2, 0.25) is 0 Å². The van der Waals surface area contributed by atoms with Gasteiger partial charge in [0.25, 0.3) is 0 Å². The summed E-state index contributed by atoms with van der Waals surface area (Å²) in [7, 11) is 0. The zero-order valence-electron chi connectivity index (χ0n) is 11.9. The molecule has 0 aliphatic heterocycles. The van der Waals surface area contributed by atoms with Gasteiger partial charge in [-0.15, -0.1) is 11.3 Å². The number of benzene rings is 1. The van der Waals surface area contributed by atoms with Crippen molar-refractivity contribution < 1.29 is 4.79 Å². The highest BCUT2D eigenvalue weighted by Gasteiger charge is 1.98. The van der Waals surface area contributed by atoms with Crippen LogP contribution in [0.4, 0.5) is 0 Å². The van der Waals surface area contributed by atoms with E-state index < -0.39 is 0 Å². The Morgan fingerprint density at radius 2 is 2.14 bits per heavy atom. The summed E-state index contributed by atoms with van der Waals surface area (Å²) in [5.41, 5.74) is 4.41. The Bertz CT molecular complexity index is 681. The fourth-order valence-electron chi connectivity index (χ4n) is 1.91. The molecule has 0 radical (unpaired) electrons. The minimum Gasteiger partial charge on any atom is -0.335 e. The van der Waals surface area contributed by atoms with Crippen LogP contribution in [0.3, 0.4) is 0 Å². The normalized spacial score (nSPS) is 11.1. The van der Waals surface area contributed by atoms with Crippen LogP contribution in [0, 0.1) is 6.92 Å². The summed E-state index contributed by atoms with van der Waals surface area (Å²) in [5, 5.41) is 4.55. The van der Waals surface area contributed by atoms with Gasteiger partial charge in [-0.2, -0.15) is 0 Å². The van der Waals surface area contributed by atoms with E-state index in [4.69, 9.17) is 0 Å². The Hall–Kier alpha value is -2.39. The predicted octanol–water partition coefficient (Wildman–Crippen LogP) is 4.50. The summed E-state index contributed by atoms with van der Waals surface area (Å²) in [6.45, 7) is 6.15. The molecular formula is C18H17NOS. The van der Waals surface area contributed by atoms with Gasteiger partial charge >= 0.3 is 0 Å². The maximum atomic E-state index is 10.2. The molecule has 0 unspecified atom stereocenters. The molecule has 0 fully saturated rings. The van der Waals surface area contributed by atoms with Crippen LogP contribution in [0.5, 0.6) is 0 Å². The largest absolute Gasteiger partial charge is 0.335 e. The molecule has 0 saturated heterocycles. The summed E-state index contributed by atoms with van der Waals surface area (Å²) >= 11 is 1.69. The van der Waals surface area contributed by atoms with Gasteiger partial charge in [-0.05, 0) is 46.7 Å². The SMILES string of the molecule is C=C(/C=C/c1ccc(/C=C/NC=O)cc1C)c1cccs1. The van der Waals surface area contributed by atoms with E-state index in [-0.39, 0.29) is 0 Å². The smallest absolute Gasteiger partial charge is 0.211 e. The zero-order chi connectivity index (χ0) is 15.1. The van der Waals surface area contributed by atoms with E-state index in [1.807, 2.05) is 29.7 Å². The molecule has 2 aromatic rings. The lowest BCUT2D eigenvalue weighted by Gasteiger charge is -2.03. The van der Waals surface area contributed by atoms with Gasteiger partial charge in [0.1, 0.15) is 0 Å². The first kappa shape index (κ1) is 15.0. The van der Waals surface area contributed by atoms with Crippen molar-refractivity contribution >= 4 is 35.5 Å². The van der Waals surface area contributed by atoms with Crippen molar-refractivity contribution in [2.24, 2.45) is 0 Å². The van der Waals surface area contributed by atoms with Gasteiger partial charge in [-0.3, -0.25) is 4.79 Å². The summed E-state index contributed by atoms with van der Waals surface area (Å²) in [6, 6.07) is 10.3. The van der Waals surface area contributed by atoms with Crippen molar-refractivity contribution in [3.8, 4) is 0 Å². The molecule has 2 rings (SSSR count). The van der Waals surface area contributed by atoms with Gasteiger partial charge in [0, 0.05) is 11.1 Å². The van der Waals surface area contributed by atoms with Crippen LogP contribution < -0.4 is 5.32 Å². The third-order valence-corrected chi connectivity index (χ3v) is 3.98. The number of carbonyl (C=O) groups excluding carboxylic acids is 1. The van der Waals surface area contributed by atoms with Crippen LogP contribution in [0.1, 0.15) is 21.6 Å². The molecular weight excluding hydrogens is 278 g/mol. The third kappa shape index (κ3) is 4.29. The lowest BCUT2D eigenvalue weighted by molar-refractivity contribution is -0.108. The van der Waals surface area contributed by atoms with Crippen LogP contribution >= 0.6 is 11.3 Å². The van der Waals surface area contributed by atoms with Crippen molar-refractivity contribution in [1.82, 2.24) is 5.32 Å². The molecule has 0 bridgehead atoms. The number of allylic oxidation sites excluding steroid dienone is 2. The summed E-state index contributed by atoms with van der Waals surface area (Å²) in [4.78, 5) is 11.4. The molecule has 0 spiro atoms. The Morgan fingerprint density at radius 1 is 1.29 bits per heavy atom. The molecule has 1 N–H and O–H groups in total. The zero-order valence-corrected chi connectivity index (χ0v) is 12.7. The molecule has 0 saturated carbocycles. The number of hydrogen-bond donors (Lipinski definition) is 1. The predicted molar refractivity (Wildman–Crippen MR) is 91.8 cm³/mol. The number of carbonyl (C=O) groups is 1. The van der Waals surface area contributed by atoms with Crippen LogP contribution in [-0.4, -0.2) is 6.41 Å². The molecule has 1 heterocycles. The van der Waals surface area contributed by atoms with Gasteiger partial charge in [-0.1, -0.05) is 43.0 Å². The van der Waals surface area contributed by atoms with Gasteiger partial charge in [0.05, 0.1) is 0 Å². The highest BCUT2D eigenvalue weighted by atomic mass is 32.1. The fourth-order valence-corrected chi connectivity index (χ4v) is 2.59. The number of thiophene rings is 1. The van der Waals surface area contributed by atoms with Crippen LogP contribution in [0.15, 0.2) is 54.6 Å². The number of nitrogens with one attached hydrogen (secondary N) is 1. The van der Waals surface area contributed by atoms with Crippen molar-refractivity contribution in [2.75, 3.05) is 0 Å². The summed E-state index contributed by atoms with van der Waals surface area (Å²) in [6.07, 6.45) is 8.25. The standard InChI is InChI=1S/C18H17NOS/c1-14(18-4-3-11-21-18)5-7-17-8-6-16(12-15(17)2)9-10-19-13-20/h3-13H,1H2,2H3,(H,19,20)/b7-5+,10-9+. The second-order valence-electron chi connectivity index (χ2n) is 4.57. The third-order valence-electron chi connectivity index (χ3n) is 3.04. The molecule has 0 aliphatic carbocycles. The van der Waals surface area contributed by atoms with Gasteiger partial charge in [0.15, 0.2) is 0 Å². The molecule has 2 nitrogen and oxygen atoms in total. The van der Waals surface area contributed by atoms with E-state index in [1.54, 1.807) is 17.5 Å². The summed E-state index contributed by atoms with van der Waals surface area (Å²) in [5.74, 6) is 0. The quantitative estimate of drug-likeness (QED) is 0.617. The minimum absolute atomic E-state index is 0.649. The van der Waals surface area contributed by atoms with E-state index in [1.165, 1.54) is 10.4 Å². The van der Waals surface area contributed by atoms with Crippen molar-refractivity contribution in [2.45, 2.75) is 6.92 Å². The van der Waals surface area contributed by atoms with Crippen molar-refractivity contribution in [3.63, 3.8) is 0 Å². The maximum absolute atomic E-state index is 10.2. The first-order chi connectivity index (χ1) is 10.2. The average Bonchev–Trinajstić information content (AvgIpc) is 3.00. The second kappa shape index (κ2) is 7.41. The molecule has 1 amide bonds. The average molecular weight is 295 g/mol. The number of rotatable bonds is 6. The van der Waals surface area contributed by atoms with E-state index in [0.717, 1.165) is 16.7 Å². The molecule has 1 aromatic carbocycles. The monoisotopic (exact) mass is 295 g/mol. The number of hydrogen-bond acceptors (Lipinski definition) is 2. The maximum Gasteiger partial charge on any atom is 0.211 e. The molecule has 1 aromatic heterocycles. The van der Waals surface area contributed by atoms with Gasteiger partial charge < -0.3 is 5.32 Å². The topological polar surface area (TPSA) is 29.1 Å². The van der Waals surface area contributed by atoms with Crippen molar-refractivity contribution in [3.05, 3.63) is 76.1 Å². The van der Waals surface area contributed by atoms with E-state index >= 15 is 0 Å². The van der Waals surface area contributed by atoms with Crippen molar-refractivity contribution in [1.29, 1.82) is 0 Å². The van der Waals surface area contributed by atoms with E-state index in [2.05, 4.69) is 43.1 Å². The lowest BCUT2D eigenvalue weighted by atomic mass is 10.0. The van der Waals surface area contributed by atoms with E-state index in [9.17, 15) is 4.79 Å². The first-order valence-electron chi connectivity index (χ1n) is 6.58. The fraction of sp³-hybridized carbons (Fsp3) is 0.0556. The number of amides is 1. The number of aryl methyl sites for hydroxylation is 1. The minimum atomic E-state index is 0.649. The highest BCUT2D eigenvalue weighted by Crippen LogP contribution is 2.21. The lowest BCUT2D eigenvalue weighted by Crippen LogP contribution is -1.97. The first-order valence-corrected chi connectivity index (χ1v) is 7.46. The molecule has 0 atom stereocenters. The molecule has 21 heavy (non-hydrogen) atoms. The van der Waals surface area contributed by atoms with Crippen LogP contribution in [-0.2, 0) is 4.79 Å². The molecule has 3 heteroatoms. The Balaban J connectivity index is 2.10. The highest BCUT2D eigenvalue weighted by molar-refractivity contribution is 7.11. The molecule has 106 valence electrons. The summed E-state index contributed by atoms with van der Waals surface area (Å²) < 4.78 is 0. The Kier molecular flexibility index (Phi) is 5.29. The van der Waals surface area contributed by atoms with Crippen LogP contribution in [0.25, 0.3) is 17.7 Å². The van der Waals surface area contributed by atoms with E-state index in [0.29, 0.717) is 6.41 Å². The van der Waals surface area contributed by atoms with Gasteiger partial charge in [0.2, 0.25) is 6.41 Å². The second-order valence-corrected chi connectivity index (χ2v) is 5.52. The Morgan fingerprint density at radius 3 is 2.81 bits per heavy atom. The molecule has 0 aliphatic rings.